The van der Waals surface area contributed by atoms with Gasteiger partial charge in [0.2, 0.25) is 0 Å². The minimum atomic E-state index is -3.32. The Balaban J connectivity index is 2.21. The number of anilines is 1. The van der Waals surface area contributed by atoms with Crippen LogP contribution in [0.2, 0.25) is 0 Å². The number of benzene rings is 1. The fraction of sp³-hybridized carbons (Fsp3) is 0.571. The molecule has 0 saturated carbocycles. The van der Waals surface area contributed by atoms with Crippen LogP contribution < -0.4 is 5.32 Å². The summed E-state index contributed by atoms with van der Waals surface area (Å²) in [6, 6.07) is 4.06. The molecule has 6 heteroatoms. The van der Waals surface area contributed by atoms with Gasteiger partial charge < -0.3 is 5.32 Å². The van der Waals surface area contributed by atoms with Gasteiger partial charge in [-0.25, -0.2) is 12.8 Å². The van der Waals surface area contributed by atoms with Crippen molar-refractivity contribution in [3.05, 3.63) is 24.0 Å². The van der Waals surface area contributed by atoms with Crippen LogP contribution >= 0.6 is 11.8 Å². The topological polar surface area (TPSA) is 46.2 Å². The lowest BCUT2D eigenvalue weighted by Crippen LogP contribution is -2.35. The lowest BCUT2D eigenvalue weighted by molar-refractivity contribution is 0.357. The van der Waals surface area contributed by atoms with Gasteiger partial charge in [-0.3, -0.25) is 0 Å². The molecule has 1 heterocycles. The van der Waals surface area contributed by atoms with Crippen molar-refractivity contribution in [3.8, 4) is 0 Å². The summed E-state index contributed by atoms with van der Waals surface area (Å²) in [4.78, 5) is 0.143. The van der Waals surface area contributed by atoms with Gasteiger partial charge in [0.1, 0.15) is 5.82 Å². The van der Waals surface area contributed by atoms with E-state index in [9.17, 15) is 12.8 Å². The third-order valence-corrected chi connectivity index (χ3v) is 6.07. The summed E-state index contributed by atoms with van der Waals surface area (Å²) in [5.41, 5.74) is 0.488. The third-order valence-electron chi connectivity index (χ3n) is 3.34. The van der Waals surface area contributed by atoms with E-state index in [-0.39, 0.29) is 22.0 Å². The number of hydrogen-bond acceptors (Lipinski definition) is 4. The third kappa shape index (κ3) is 3.88. The second-order valence-corrected chi connectivity index (χ2v) is 9.18. The first kappa shape index (κ1) is 15.6. The van der Waals surface area contributed by atoms with Gasteiger partial charge in [-0.15, -0.1) is 0 Å². The highest BCUT2D eigenvalue weighted by Crippen LogP contribution is 2.35. The van der Waals surface area contributed by atoms with E-state index in [0.717, 1.165) is 24.2 Å². The van der Waals surface area contributed by atoms with Gasteiger partial charge in [0.05, 0.1) is 10.6 Å². The fourth-order valence-corrected chi connectivity index (χ4v) is 4.34. The SMILES string of the molecule is CC1(C)CSCC(Nc2cc(S(C)(=O)=O)ccc2F)C1. The van der Waals surface area contributed by atoms with Gasteiger partial charge in [-0.2, -0.15) is 11.8 Å². The highest BCUT2D eigenvalue weighted by atomic mass is 32.2. The lowest BCUT2D eigenvalue weighted by atomic mass is 9.88. The molecule has 1 aliphatic heterocycles. The normalized spacial score (nSPS) is 22.5. The molecule has 0 aromatic heterocycles. The van der Waals surface area contributed by atoms with Crippen LogP contribution in [0.3, 0.4) is 0 Å². The first-order valence-corrected chi connectivity index (χ1v) is 9.56. The van der Waals surface area contributed by atoms with Gasteiger partial charge in [0.15, 0.2) is 9.84 Å². The fourth-order valence-electron chi connectivity index (χ4n) is 2.42. The molecule has 1 aliphatic rings. The Morgan fingerprint density at radius 1 is 1.40 bits per heavy atom. The summed E-state index contributed by atoms with van der Waals surface area (Å²) < 4.78 is 36.9. The van der Waals surface area contributed by atoms with Crippen molar-refractivity contribution in [2.45, 2.75) is 31.2 Å². The van der Waals surface area contributed by atoms with Gasteiger partial charge in [0, 0.05) is 18.1 Å². The second-order valence-electron chi connectivity index (χ2n) is 6.14. The van der Waals surface area contributed by atoms with E-state index < -0.39 is 15.7 Å². The average Bonchev–Trinajstić information content (AvgIpc) is 2.29. The van der Waals surface area contributed by atoms with Crippen LogP contribution in [-0.2, 0) is 9.84 Å². The summed E-state index contributed by atoms with van der Waals surface area (Å²) >= 11 is 1.84. The molecule has 1 aromatic carbocycles. The van der Waals surface area contributed by atoms with Crippen molar-refractivity contribution in [2.75, 3.05) is 23.1 Å². The van der Waals surface area contributed by atoms with E-state index in [1.54, 1.807) is 0 Å². The molecule has 1 fully saturated rings. The molecular formula is C14H20FNO2S2. The van der Waals surface area contributed by atoms with Gasteiger partial charge in [0.25, 0.3) is 0 Å². The molecule has 112 valence electrons. The Morgan fingerprint density at radius 2 is 2.10 bits per heavy atom. The van der Waals surface area contributed by atoms with E-state index in [1.165, 1.54) is 18.2 Å². The number of rotatable bonds is 3. The number of sulfone groups is 1. The number of halogens is 1. The maximum absolute atomic E-state index is 13.8. The van der Waals surface area contributed by atoms with Crippen molar-refractivity contribution < 1.29 is 12.8 Å². The molecule has 1 atom stereocenters. The number of thioether (sulfide) groups is 1. The van der Waals surface area contributed by atoms with Crippen molar-refractivity contribution in [1.29, 1.82) is 0 Å². The van der Waals surface area contributed by atoms with E-state index >= 15 is 0 Å². The standard InChI is InChI=1S/C14H20FNO2S2/c1-14(2)7-10(8-19-9-14)16-13-6-11(20(3,17)18)4-5-12(13)15/h4-6,10,16H,7-9H2,1-3H3. The van der Waals surface area contributed by atoms with Crippen molar-refractivity contribution in [2.24, 2.45) is 5.41 Å². The van der Waals surface area contributed by atoms with Crippen LogP contribution in [0.5, 0.6) is 0 Å². The minimum Gasteiger partial charge on any atom is -0.379 e. The maximum Gasteiger partial charge on any atom is 0.175 e. The molecular weight excluding hydrogens is 297 g/mol. The smallest absolute Gasteiger partial charge is 0.175 e. The van der Waals surface area contributed by atoms with Gasteiger partial charge >= 0.3 is 0 Å². The average molecular weight is 317 g/mol. The van der Waals surface area contributed by atoms with Crippen molar-refractivity contribution in [1.82, 2.24) is 0 Å². The predicted molar refractivity (Wildman–Crippen MR) is 82.6 cm³/mol. The van der Waals surface area contributed by atoms with E-state index in [1.807, 2.05) is 11.8 Å². The summed E-state index contributed by atoms with van der Waals surface area (Å²) in [6.07, 6.45) is 2.08. The van der Waals surface area contributed by atoms with E-state index in [0.29, 0.717) is 0 Å². The Hall–Kier alpha value is -0.750. The Morgan fingerprint density at radius 3 is 2.70 bits per heavy atom. The molecule has 0 radical (unpaired) electrons. The van der Waals surface area contributed by atoms with Crippen LogP contribution in [-0.4, -0.2) is 32.2 Å². The van der Waals surface area contributed by atoms with Crippen LogP contribution in [0.1, 0.15) is 20.3 Å². The Bertz CT molecular complexity index is 599. The number of hydrogen-bond donors (Lipinski definition) is 1. The predicted octanol–water partition coefficient (Wildman–Crippen LogP) is 3.17. The summed E-state index contributed by atoms with van der Waals surface area (Å²) in [5.74, 6) is 1.59. The Kier molecular flexibility index (Phi) is 4.35. The monoisotopic (exact) mass is 317 g/mol. The van der Waals surface area contributed by atoms with Crippen LogP contribution in [0, 0.1) is 11.2 Å². The van der Waals surface area contributed by atoms with Gasteiger partial charge in [-0.1, -0.05) is 13.8 Å². The highest BCUT2D eigenvalue weighted by Gasteiger charge is 2.28. The zero-order valence-electron chi connectivity index (χ0n) is 11.9. The molecule has 0 aliphatic carbocycles. The first-order chi connectivity index (χ1) is 9.17. The molecule has 1 aromatic rings. The summed E-state index contributed by atoms with van der Waals surface area (Å²) in [5, 5.41) is 3.16. The molecule has 0 bridgehead atoms. The van der Waals surface area contributed by atoms with Crippen LogP contribution in [0.4, 0.5) is 10.1 Å². The minimum absolute atomic E-state index is 0.143. The van der Waals surface area contributed by atoms with Gasteiger partial charge in [-0.05, 0) is 35.8 Å². The van der Waals surface area contributed by atoms with Crippen LogP contribution in [0.15, 0.2) is 23.1 Å². The largest absolute Gasteiger partial charge is 0.379 e. The molecule has 2 rings (SSSR count). The zero-order valence-corrected chi connectivity index (χ0v) is 13.6. The van der Waals surface area contributed by atoms with E-state index in [2.05, 4.69) is 19.2 Å². The number of nitrogens with one attached hydrogen (secondary N) is 1. The second kappa shape index (κ2) is 5.56. The molecule has 1 unspecified atom stereocenters. The summed E-state index contributed by atoms with van der Waals surface area (Å²) in [7, 11) is -3.32. The maximum atomic E-state index is 13.8. The molecule has 3 nitrogen and oxygen atoms in total. The van der Waals surface area contributed by atoms with E-state index in [4.69, 9.17) is 0 Å². The Labute approximate surface area is 124 Å². The zero-order chi connectivity index (χ0) is 15.0. The quantitative estimate of drug-likeness (QED) is 0.870. The molecule has 0 amide bonds. The summed E-state index contributed by atoms with van der Waals surface area (Å²) in [6.45, 7) is 4.38. The molecule has 1 N–H and O–H groups in total. The molecule has 20 heavy (non-hydrogen) atoms. The van der Waals surface area contributed by atoms with Crippen molar-refractivity contribution >= 4 is 27.3 Å². The first-order valence-electron chi connectivity index (χ1n) is 6.51. The lowest BCUT2D eigenvalue weighted by Gasteiger charge is -2.35. The highest BCUT2D eigenvalue weighted by molar-refractivity contribution is 7.99. The molecule has 1 saturated heterocycles. The van der Waals surface area contributed by atoms with Crippen LogP contribution in [0.25, 0.3) is 0 Å². The van der Waals surface area contributed by atoms with Crippen molar-refractivity contribution in [3.63, 3.8) is 0 Å². The molecule has 0 spiro atoms.